The molecule has 0 fully saturated rings. The first kappa shape index (κ1) is 12.9. The molecule has 18 heavy (non-hydrogen) atoms. The first-order chi connectivity index (χ1) is 8.72. The second kappa shape index (κ2) is 5.87. The molecule has 0 bridgehead atoms. The number of thioether (sulfide) groups is 1. The lowest BCUT2D eigenvalue weighted by Gasteiger charge is -2.08. The number of allylic oxidation sites excluding steroid dienone is 1. The van der Waals surface area contributed by atoms with E-state index in [4.69, 9.17) is 0 Å². The monoisotopic (exact) mass is 259 g/mol. The molecule has 0 radical (unpaired) electrons. The molecule has 2 rings (SSSR count). The Labute approximate surface area is 112 Å². The van der Waals surface area contributed by atoms with Crippen LogP contribution in [0.25, 0.3) is 11.4 Å². The van der Waals surface area contributed by atoms with E-state index in [0.717, 1.165) is 23.1 Å². The highest BCUT2D eigenvalue weighted by Gasteiger charge is 2.13. The zero-order chi connectivity index (χ0) is 13.0. The fourth-order valence-electron chi connectivity index (χ4n) is 1.68. The normalized spacial score (nSPS) is 10.8. The largest absolute Gasteiger partial charge is 0.298 e. The summed E-state index contributed by atoms with van der Waals surface area (Å²) in [5.41, 5.74) is 1.09. The van der Waals surface area contributed by atoms with Gasteiger partial charge in [0.1, 0.15) is 0 Å². The minimum atomic E-state index is 0.487. The second-order valence-corrected chi connectivity index (χ2v) is 5.78. The van der Waals surface area contributed by atoms with Gasteiger partial charge >= 0.3 is 0 Å². The molecule has 0 amide bonds. The highest BCUT2D eigenvalue weighted by Crippen LogP contribution is 2.26. The molecule has 2 aromatic rings. The molecule has 1 heterocycles. The van der Waals surface area contributed by atoms with Crippen molar-refractivity contribution in [1.29, 1.82) is 0 Å². The summed E-state index contributed by atoms with van der Waals surface area (Å²) in [6, 6.07) is 10.1. The molecule has 94 valence electrons. The number of benzene rings is 1. The van der Waals surface area contributed by atoms with Crippen LogP contribution in [0, 0.1) is 0 Å². The minimum Gasteiger partial charge on any atom is -0.298 e. The topological polar surface area (TPSA) is 30.7 Å². The molecule has 0 aliphatic rings. The van der Waals surface area contributed by atoms with Crippen LogP contribution in [0.1, 0.15) is 13.8 Å². The average Bonchev–Trinajstić information content (AvgIpc) is 2.73. The van der Waals surface area contributed by atoms with Crippen LogP contribution in [-0.2, 0) is 6.54 Å². The van der Waals surface area contributed by atoms with Crippen LogP contribution in [0.5, 0.6) is 0 Å². The van der Waals surface area contributed by atoms with Crippen molar-refractivity contribution < 1.29 is 0 Å². The third-order valence-corrected chi connectivity index (χ3v) is 3.39. The number of hydrogen-bond donors (Lipinski definition) is 0. The van der Waals surface area contributed by atoms with Crippen LogP contribution in [0.4, 0.5) is 0 Å². The maximum Gasteiger partial charge on any atom is 0.192 e. The molecule has 3 nitrogen and oxygen atoms in total. The molecule has 0 spiro atoms. The van der Waals surface area contributed by atoms with Crippen LogP contribution in [0.2, 0.25) is 0 Å². The summed E-state index contributed by atoms with van der Waals surface area (Å²) in [5, 5.41) is 10.0. The highest BCUT2D eigenvalue weighted by molar-refractivity contribution is 7.99. The van der Waals surface area contributed by atoms with Gasteiger partial charge in [0.05, 0.1) is 0 Å². The Bertz CT molecular complexity index is 517. The van der Waals surface area contributed by atoms with Crippen molar-refractivity contribution in [2.45, 2.75) is 30.8 Å². The van der Waals surface area contributed by atoms with E-state index in [9.17, 15) is 0 Å². The van der Waals surface area contributed by atoms with Gasteiger partial charge in [-0.1, -0.05) is 62.0 Å². The SMILES string of the molecule is C=CCn1c(SC(C)C)nnc1-c1ccccc1. The highest BCUT2D eigenvalue weighted by atomic mass is 32.2. The molecular weight excluding hydrogens is 242 g/mol. The van der Waals surface area contributed by atoms with Crippen LogP contribution < -0.4 is 0 Å². The summed E-state index contributed by atoms with van der Waals surface area (Å²) in [6.07, 6.45) is 1.88. The van der Waals surface area contributed by atoms with Crippen molar-refractivity contribution in [3.63, 3.8) is 0 Å². The van der Waals surface area contributed by atoms with Gasteiger partial charge in [0.15, 0.2) is 11.0 Å². The molecule has 0 saturated carbocycles. The summed E-state index contributed by atoms with van der Waals surface area (Å²) >= 11 is 1.72. The van der Waals surface area contributed by atoms with Gasteiger partial charge in [-0.25, -0.2) is 0 Å². The number of nitrogens with zero attached hydrogens (tertiary/aromatic N) is 3. The quantitative estimate of drug-likeness (QED) is 0.607. The van der Waals surface area contributed by atoms with Gasteiger partial charge in [-0.05, 0) is 0 Å². The van der Waals surface area contributed by atoms with E-state index in [1.807, 2.05) is 36.4 Å². The van der Waals surface area contributed by atoms with Gasteiger partial charge in [0, 0.05) is 17.4 Å². The molecular formula is C14H17N3S. The lowest BCUT2D eigenvalue weighted by atomic mass is 10.2. The van der Waals surface area contributed by atoms with E-state index in [1.165, 1.54) is 0 Å². The van der Waals surface area contributed by atoms with Crippen molar-refractivity contribution >= 4 is 11.8 Å². The van der Waals surface area contributed by atoms with E-state index in [0.29, 0.717) is 5.25 Å². The molecule has 4 heteroatoms. The first-order valence-corrected chi connectivity index (χ1v) is 6.86. The van der Waals surface area contributed by atoms with Gasteiger partial charge in [-0.2, -0.15) is 0 Å². The Morgan fingerprint density at radius 1 is 1.28 bits per heavy atom. The van der Waals surface area contributed by atoms with Gasteiger partial charge in [-0.15, -0.1) is 16.8 Å². The summed E-state index contributed by atoms with van der Waals surface area (Å²) < 4.78 is 2.10. The zero-order valence-electron chi connectivity index (χ0n) is 10.7. The molecule has 0 unspecified atom stereocenters. The standard InChI is InChI=1S/C14H17N3S/c1-4-10-17-13(12-8-6-5-7-9-12)15-16-14(17)18-11(2)3/h4-9,11H,1,10H2,2-3H3. The van der Waals surface area contributed by atoms with Crippen molar-refractivity contribution in [2.24, 2.45) is 0 Å². The Morgan fingerprint density at radius 2 is 2.00 bits per heavy atom. The second-order valence-electron chi connectivity index (χ2n) is 4.24. The molecule has 0 N–H and O–H groups in total. The summed E-state index contributed by atoms with van der Waals surface area (Å²) in [5.74, 6) is 0.902. The van der Waals surface area contributed by atoms with Crippen molar-refractivity contribution in [3.05, 3.63) is 43.0 Å². The Balaban J connectivity index is 2.42. The smallest absolute Gasteiger partial charge is 0.192 e. The third-order valence-electron chi connectivity index (χ3n) is 2.40. The minimum absolute atomic E-state index is 0.487. The predicted octanol–water partition coefficient (Wildman–Crippen LogP) is 3.63. The van der Waals surface area contributed by atoms with Gasteiger partial charge in [0.2, 0.25) is 0 Å². The maximum atomic E-state index is 4.30. The van der Waals surface area contributed by atoms with Crippen LogP contribution in [0.3, 0.4) is 0 Å². The fraction of sp³-hybridized carbons (Fsp3) is 0.286. The van der Waals surface area contributed by atoms with E-state index < -0.39 is 0 Å². The maximum absolute atomic E-state index is 4.30. The lowest BCUT2D eigenvalue weighted by Crippen LogP contribution is -2.02. The Hall–Kier alpha value is -1.55. The fourth-order valence-corrected chi connectivity index (χ4v) is 2.48. The van der Waals surface area contributed by atoms with Gasteiger partial charge < -0.3 is 0 Å². The van der Waals surface area contributed by atoms with Crippen LogP contribution in [-0.4, -0.2) is 20.0 Å². The molecule has 1 aromatic carbocycles. The van der Waals surface area contributed by atoms with E-state index in [1.54, 1.807) is 11.8 Å². The number of aromatic nitrogens is 3. The molecule has 0 aliphatic carbocycles. The third kappa shape index (κ3) is 2.82. The predicted molar refractivity (Wildman–Crippen MR) is 76.6 cm³/mol. The number of hydrogen-bond acceptors (Lipinski definition) is 3. The van der Waals surface area contributed by atoms with Crippen molar-refractivity contribution in [2.75, 3.05) is 0 Å². The van der Waals surface area contributed by atoms with Crippen LogP contribution in [0.15, 0.2) is 48.1 Å². The molecule has 0 aliphatic heterocycles. The van der Waals surface area contributed by atoms with Gasteiger partial charge in [-0.3, -0.25) is 4.57 Å². The molecule has 1 aromatic heterocycles. The zero-order valence-corrected chi connectivity index (χ0v) is 11.5. The van der Waals surface area contributed by atoms with Gasteiger partial charge in [0.25, 0.3) is 0 Å². The Kier molecular flexibility index (Phi) is 4.20. The van der Waals surface area contributed by atoms with E-state index in [-0.39, 0.29) is 0 Å². The average molecular weight is 259 g/mol. The molecule has 0 atom stereocenters. The summed E-state index contributed by atoms with van der Waals surface area (Å²) in [7, 11) is 0. The summed E-state index contributed by atoms with van der Waals surface area (Å²) in [4.78, 5) is 0. The van der Waals surface area contributed by atoms with E-state index in [2.05, 4.69) is 35.2 Å². The van der Waals surface area contributed by atoms with Crippen molar-refractivity contribution in [3.8, 4) is 11.4 Å². The Morgan fingerprint density at radius 3 is 2.61 bits per heavy atom. The lowest BCUT2D eigenvalue weighted by molar-refractivity contribution is 0.729. The van der Waals surface area contributed by atoms with Crippen LogP contribution >= 0.6 is 11.8 Å². The summed E-state index contributed by atoms with van der Waals surface area (Å²) in [6.45, 7) is 8.84. The van der Waals surface area contributed by atoms with E-state index >= 15 is 0 Å². The van der Waals surface area contributed by atoms with Crippen molar-refractivity contribution in [1.82, 2.24) is 14.8 Å². The molecule has 0 saturated heterocycles. The number of rotatable bonds is 5. The first-order valence-electron chi connectivity index (χ1n) is 5.98.